The van der Waals surface area contributed by atoms with Crippen LogP contribution in [0.5, 0.6) is 0 Å². The van der Waals surface area contributed by atoms with E-state index in [0.717, 1.165) is 25.9 Å². The smallest absolute Gasteiger partial charge is 0.250 e. The van der Waals surface area contributed by atoms with Gasteiger partial charge in [-0.25, -0.2) is 0 Å². The molecule has 0 aliphatic carbocycles. The van der Waals surface area contributed by atoms with Crippen molar-refractivity contribution in [2.75, 3.05) is 13.6 Å². The Morgan fingerprint density at radius 3 is 3.00 bits per heavy atom. The van der Waals surface area contributed by atoms with E-state index < -0.39 is 0 Å². The van der Waals surface area contributed by atoms with Crippen LogP contribution in [0.4, 0.5) is 0 Å². The van der Waals surface area contributed by atoms with Crippen LogP contribution in [0.25, 0.3) is 0 Å². The van der Waals surface area contributed by atoms with Gasteiger partial charge in [0.15, 0.2) is 5.96 Å². The van der Waals surface area contributed by atoms with Crippen LogP contribution in [-0.2, 0) is 6.54 Å². The molecule has 0 radical (unpaired) electrons. The highest BCUT2D eigenvalue weighted by atomic mass is 16.1. The van der Waals surface area contributed by atoms with Gasteiger partial charge >= 0.3 is 0 Å². The minimum absolute atomic E-state index is 0.0464. The summed E-state index contributed by atoms with van der Waals surface area (Å²) in [6, 6.07) is 5.18. The molecule has 5 heteroatoms. The normalized spacial score (nSPS) is 11.4. The number of nitrogens with zero attached hydrogens (tertiary/aromatic N) is 2. The lowest BCUT2D eigenvalue weighted by molar-refractivity contribution is 0.588. The Kier molecular flexibility index (Phi) is 5.11. The van der Waals surface area contributed by atoms with Crippen LogP contribution in [0.1, 0.15) is 12.8 Å². The first-order valence-electron chi connectivity index (χ1n) is 5.35. The molecule has 0 fully saturated rings. The number of aromatic nitrogens is 1. The Morgan fingerprint density at radius 2 is 2.31 bits per heavy atom. The maximum atomic E-state index is 11.3. The summed E-state index contributed by atoms with van der Waals surface area (Å²) in [4.78, 5) is 15.1. The van der Waals surface area contributed by atoms with E-state index in [1.807, 2.05) is 6.07 Å². The summed E-state index contributed by atoms with van der Waals surface area (Å²) in [5.41, 5.74) is 5.52. The van der Waals surface area contributed by atoms with E-state index in [0.29, 0.717) is 5.96 Å². The van der Waals surface area contributed by atoms with Crippen LogP contribution in [0.2, 0.25) is 0 Å². The molecule has 5 nitrogen and oxygen atoms in total. The lowest BCUT2D eigenvalue weighted by Crippen LogP contribution is -2.32. The first-order chi connectivity index (χ1) is 7.74. The van der Waals surface area contributed by atoms with Crippen molar-refractivity contribution in [1.29, 1.82) is 0 Å². The van der Waals surface area contributed by atoms with Gasteiger partial charge < -0.3 is 15.6 Å². The van der Waals surface area contributed by atoms with E-state index in [1.54, 1.807) is 29.9 Å². The van der Waals surface area contributed by atoms with Gasteiger partial charge in [-0.05, 0) is 18.9 Å². The van der Waals surface area contributed by atoms with Crippen molar-refractivity contribution in [3.8, 4) is 0 Å². The number of guanidine groups is 1. The second kappa shape index (κ2) is 6.66. The van der Waals surface area contributed by atoms with Crippen molar-refractivity contribution in [3.63, 3.8) is 0 Å². The summed E-state index contributed by atoms with van der Waals surface area (Å²) < 4.78 is 1.71. The van der Waals surface area contributed by atoms with E-state index in [1.165, 1.54) is 0 Å². The van der Waals surface area contributed by atoms with Gasteiger partial charge in [0.05, 0.1) is 0 Å². The monoisotopic (exact) mass is 222 g/mol. The van der Waals surface area contributed by atoms with Crippen molar-refractivity contribution in [2.45, 2.75) is 19.4 Å². The summed E-state index contributed by atoms with van der Waals surface area (Å²) in [6.45, 7) is 1.52. The van der Waals surface area contributed by atoms with Crippen molar-refractivity contribution in [2.24, 2.45) is 10.7 Å². The Morgan fingerprint density at radius 1 is 1.50 bits per heavy atom. The van der Waals surface area contributed by atoms with Crippen LogP contribution >= 0.6 is 0 Å². The molecule has 1 aromatic rings. The summed E-state index contributed by atoms with van der Waals surface area (Å²) >= 11 is 0. The molecule has 1 aromatic heterocycles. The zero-order valence-corrected chi connectivity index (χ0v) is 9.52. The molecule has 0 saturated carbocycles. The number of pyridine rings is 1. The van der Waals surface area contributed by atoms with Crippen molar-refractivity contribution in [1.82, 2.24) is 9.88 Å². The molecule has 0 atom stereocenters. The molecule has 1 rings (SSSR count). The third-order valence-corrected chi connectivity index (χ3v) is 2.27. The van der Waals surface area contributed by atoms with E-state index in [9.17, 15) is 4.79 Å². The maximum absolute atomic E-state index is 11.3. The maximum Gasteiger partial charge on any atom is 0.250 e. The van der Waals surface area contributed by atoms with Gasteiger partial charge in [-0.1, -0.05) is 6.07 Å². The van der Waals surface area contributed by atoms with E-state index in [-0.39, 0.29) is 5.56 Å². The first-order valence-corrected chi connectivity index (χ1v) is 5.35. The predicted octanol–water partition coefficient (Wildman–Crippen LogP) is 0.163. The Labute approximate surface area is 95.0 Å². The molecule has 0 amide bonds. The SMILES string of the molecule is CN=C(N)NCCCCn1ccccc1=O. The van der Waals surface area contributed by atoms with Crippen LogP contribution in [0, 0.1) is 0 Å². The molecule has 0 unspecified atom stereocenters. The van der Waals surface area contributed by atoms with Gasteiger partial charge in [0.1, 0.15) is 0 Å². The minimum atomic E-state index is 0.0464. The fraction of sp³-hybridized carbons (Fsp3) is 0.455. The highest BCUT2D eigenvalue weighted by Crippen LogP contribution is 1.91. The van der Waals surface area contributed by atoms with Crippen LogP contribution in [0.15, 0.2) is 34.2 Å². The predicted molar refractivity (Wildman–Crippen MR) is 65.5 cm³/mol. The number of nitrogens with one attached hydrogen (secondary N) is 1. The second-order valence-electron chi connectivity index (χ2n) is 3.48. The minimum Gasteiger partial charge on any atom is -0.370 e. The number of aliphatic imine (C=N–C) groups is 1. The first kappa shape index (κ1) is 12.3. The van der Waals surface area contributed by atoms with Gasteiger partial charge in [0.25, 0.3) is 0 Å². The molecule has 88 valence electrons. The molecule has 1 heterocycles. The fourth-order valence-corrected chi connectivity index (χ4v) is 1.35. The number of hydrogen-bond donors (Lipinski definition) is 2. The molecule has 0 aromatic carbocycles. The molecular formula is C11H18N4O. The zero-order valence-electron chi connectivity index (χ0n) is 9.52. The third-order valence-electron chi connectivity index (χ3n) is 2.27. The third kappa shape index (κ3) is 4.16. The number of hydrogen-bond acceptors (Lipinski definition) is 2. The second-order valence-corrected chi connectivity index (χ2v) is 3.48. The largest absolute Gasteiger partial charge is 0.370 e. The average Bonchev–Trinajstić information content (AvgIpc) is 2.30. The number of aryl methyl sites for hydroxylation is 1. The molecule has 0 aliphatic heterocycles. The van der Waals surface area contributed by atoms with Gasteiger partial charge in [-0.3, -0.25) is 9.79 Å². The molecule has 16 heavy (non-hydrogen) atoms. The van der Waals surface area contributed by atoms with E-state index in [2.05, 4.69) is 10.3 Å². The average molecular weight is 222 g/mol. The standard InChI is InChI=1S/C11H18N4O/c1-13-11(12)14-7-3-5-9-15-8-4-2-6-10(15)16/h2,4,6,8H,3,5,7,9H2,1H3,(H3,12,13,14). The summed E-state index contributed by atoms with van der Waals surface area (Å²) in [5.74, 6) is 0.455. The molecule has 0 aliphatic rings. The highest BCUT2D eigenvalue weighted by molar-refractivity contribution is 5.77. The van der Waals surface area contributed by atoms with Crippen molar-refractivity contribution < 1.29 is 0 Å². The van der Waals surface area contributed by atoms with Crippen LogP contribution in [-0.4, -0.2) is 24.1 Å². The molecule has 0 spiro atoms. The van der Waals surface area contributed by atoms with Crippen molar-refractivity contribution in [3.05, 3.63) is 34.7 Å². The van der Waals surface area contributed by atoms with E-state index >= 15 is 0 Å². The van der Waals surface area contributed by atoms with Gasteiger partial charge in [0.2, 0.25) is 5.56 Å². The Hall–Kier alpha value is -1.78. The summed E-state index contributed by atoms with van der Waals surface area (Å²) in [5, 5.41) is 2.97. The number of rotatable bonds is 5. The lowest BCUT2D eigenvalue weighted by Gasteiger charge is -2.06. The molecular weight excluding hydrogens is 204 g/mol. The van der Waals surface area contributed by atoms with E-state index in [4.69, 9.17) is 5.73 Å². The topological polar surface area (TPSA) is 72.4 Å². The molecule has 0 saturated heterocycles. The summed E-state index contributed by atoms with van der Waals surface area (Å²) in [7, 11) is 1.64. The van der Waals surface area contributed by atoms with Crippen LogP contribution in [0.3, 0.4) is 0 Å². The van der Waals surface area contributed by atoms with Crippen LogP contribution < -0.4 is 16.6 Å². The zero-order chi connectivity index (χ0) is 11.8. The Bertz CT molecular complexity index is 397. The highest BCUT2D eigenvalue weighted by Gasteiger charge is 1.94. The number of unbranched alkanes of at least 4 members (excludes halogenated alkanes) is 1. The van der Waals surface area contributed by atoms with Gasteiger partial charge in [-0.2, -0.15) is 0 Å². The molecule has 3 N–H and O–H groups in total. The fourth-order valence-electron chi connectivity index (χ4n) is 1.35. The Balaban J connectivity index is 2.22. The lowest BCUT2D eigenvalue weighted by atomic mass is 10.3. The quantitative estimate of drug-likeness (QED) is 0.423. The van der Waals surface area contributed by atoms with Gasteiger partial charge in [0, 0.05) is 32.4 Å². The molecule has 0 bridgehead atoms. The number of nitrogens with two attached hydrogens (primary N) is 1. The summed E-state index contributed by atoms with van der Waals surface area (Å²) in [6.07, 6.45) is 3.70. The van der Waals surface area contributed by atoms with Crippen molar-refractivity contribution >= 4 is 5.96 Å². The van der Waals surface area contributed by atoms with Gasteiger partial charge in [-0.15, -0.1) is 0 Å².